The number of methoxy groups -OCH3 is 1. The molecule has 0 unspecified atom stereocenters. The number of rotatable bonds is 8. The highest BCUT2D eigenvalue weighted by Gasteiger charge is 2.27. The second kappa shape index (κ2) is 10.6. The second-order valence-electron chi connectivity index (χ2n) is 7.88. The van der Waals surface area contributed by atoms with Crippen LogP contribution in [0.4, 0.5) is 0 Å². The summed E-state index contributed by atoms with van der Waals surface area (Å²) in [5, 5.41) is 0. The third-order valence-electron chi connectivity index (χ3n) is 5.79. The Morgan fingerprint density at radius 3 is 2.52 bits per heavy atom. The van der Waals surface area contributed by atoms with Crippen LogP contribution in [-0.2, 0) is 20.8 Å². The molecule has 1 saturated heterocycles. The van der Waals surface area contributed by atoms with Crippen LogP contribution >= 0.6 is 0 Å². The number of carbonyl (C=O) groups is 1. The van der Waals surface area contributed by atoms with Gasteiger partial charge in [0, 0.05) is 13.7 Å². The molecule has 2 aliphatic heterocycles. The Kier molecular flexibility index (Phi) is 7.40. The molecule has 0 saturated carbocycles. The Bertz CT molecular complexity index is 854. The molecule has 4 rings (SSSR count). The van der Waals surface area contributed by atoms with E-state index in [9.17, 15) is 4.79 Å². The number of hydrogen-bond donors (Lipinski definition) is 1. The van der Waals surface area contributed by atoms with E-state index in [2.05, 4.69) is 0 Å². The van der Waals surface area contributed by atoms with Crippen LogP contribution in [0.3, 0.4) is 0 Å². The lowest BCUT2D eigenvalue weighted by atomic mass is 10.1. The number of amides is 1. The maximum Gasteiger partial charge on any atom is 0.256 e. The van der Waals surface area contributed by atoms with Crippen LogP contribution in [0.15, 0.2) is 48.5 Å². The zero-order valence-electron chi connectivity index (χ0n) is 18.0. The predicted molar refractivity (Wildman–Crippen MR) is 115 cm³/mol. The average Bonchev–Trinajstić information content (AvgIpc) is 2.83. The van der Waals surface area contributed by atoms with Gasteiger partial charge < -0.3 is 28.7 Å². The van der Waals surface area contributed by atoms with Crippen LogP contribution in [0.1, 0.15) is 17.2 Å². The molecular formula is C24H31N2O5+. The number of quaternary nitrogens is 1. The Hall–Kier alpha value is -2.61. The van der Waals surface area contributed by atoms with Gasteiger partial charge in [0.2, 0.25) is 0 Å². The van der Waals surface area contributed by atoms with E-state index in [4.69, 9.17) is 18.9 Å². The molecule has 1 fully saturated rings. The summed E-state index contributed by atoms with van der Waals surface area (Å²) in [4.78, 5) is 16.9. The van der Waals surface area contributed by atoms with E-state index in [1.54, 1.807) is 7.11 Å². The zero-order chi connectivity index (χ0) is 21.5. The SMILES string of the molecule is CO[C@@H](C(=O)N(CC[NH+]1CCOCC1)Cc1ccc2c(c1)OCCO2)c1ccccc1. The highest BCUT2D eigenvalue weighted by atomic mass is 16.6. The monoisotopic (exact) mass is 427 g/mol. The molecule has 1 amide bonds. The van der Waals surface area contributed by atoms with Crippen LogP contribution in [0.2, 0.25) is 0 Å². The molecule has 0 radical (unpaired) electrons. The lowest BCUT2D eigenvalue weighted by molar-refractivity contribution is -0.907. The first kappa shape index (κ1) is 21.6. The van der Waals surface area contributed by atoms with Crippen LogP contribution in [-0.4, -0.2) is 70.5 Å². The van der Waals surface area contributed by atoms with Crippen LogP contribution in [0, 0.1) is 0 Å². The van der Waals surface area contributed by atoms with E-state index < -0.39 is 6.10 Å². The first-order valence-corrected chi connectivity index (χ1v) is 10.9. The van der Waals surface area contributed by atoms with Gasteiger partial charge in [-0.1, -0.05) is 36.4 Å². The van der Waals surface area contributed by atoms with E-state index in [0.717, 1.165) is 55.5 Å². The Balaban J connectivity index is 1.52. The predicted octanol–water partition coefficient (Wildman–Crippen LogP) is 1.09. The molecule has 166 valence electrons. The maximum atomic E-state index is 13.6. The van der Waals surface area contributed by atoms with E-state index in [-0.39, 0.29) is 5.91 Å². The van der Waals surface area contributed by atoms with Crippen LogP contribution in [0.25, 0.3) is 0 Å². The highest BCUT2D eigenvalue weighted by Crippen LogP contribution is 2.31. The first-order valence-electron chi connectivity index (χ1n) is 10.9. The van der Waals surface area contributed by atoms with E-state index >= 15 is 0 Å². The van der Waals surface area contributed by atoms with Crippen molar-refractivity contribution >= 4 is 5.91 Å². The summed E-state index contributed by atoms with van der Waals surface area (Å²) in [6, 6.07) is 15.6. The molecule has 0 aromatic heterocycles. The summed E-state index contributed by atoms with van der Waals surface area (Å²) in [5.41, 5.74) is 1.87. The molecular weight excluding hydrogens is 396 g/mol. The highest BCUT2D eigenvalue weighted by molar-refractivity contribution is 5.82. The van der Waals surface area contributed by atoms with Gasteiger partial charge in [0.1, 0.15) is 26.3 Å². The number of nitrogens with zero attached hydrogens (tertiary/aromatic N) is 1. The summed E-state index contributed by atoms with van der Waals surface area (Å²) < 4.78 is 22.5. The fraction of sp³-hybridized carbons (Fsp3) is 0.458. The molecule has 7 nitrogen and oxygen atoms in total. The number of hydrogen-bond acceptors (Lipinski definition) is 5. The molecule has 31 heavy (non-hydrogen) atoms. The standard InChI is InChI=1S/C24H30N2O5/c1-28-23(20-5-3-2-4-6-20)24(27)26(10-9-25-11-13-29-14-12-25)18-19-7-8-21-22(17-19)31-16-15-30-21/h2-8,17,23H,9-16,18H2,1H3/p+1/t23-/m1/s1. The largest absolute Gasteiger partial charge is 0.486 e. The number of nitrogens with one attached hydrogen (secondary N) is 1. The van der Waals surface area contributed by atoms with Gasteiger partial charge in [-0.2, -0.15) is 0 Å². The van der Waals surface area contributed by atoms with Crippen molar-refractivity contribution in [1.29, 1.82) is 0 Å². The van der Waals surface area contributed by atoms with Gasteiger partial charge in [0.05, 0.1) is 26.3 Å². The van der Waals surface area contributed by atoms with Crippen molar-refractivity contribution < 1.29 is 28.6 Å². The molecule has 1 N–H and O–H groups in total. The lowest BCUT2D eigenvalue weighted by Crippen LogP contribution is -3.14. The maximum absolute atomic E-state index is 13.6. The Morgan fingerprint density at radius 1 is 1.03 bits per heavy atom. The van der Waals surface area contributed by atoms with E-state index in [0.29, 0.717) is 26.3 Å². The third kappa shape index (κ3) is 5.55. The van der Waals surface area contributed by atoms with Crippen molar-refractivity contribution in [2.24, 2.45) is 0 Å². The van der Waals surface area contributed by atoms with Crippen molar-refractivity contribution in [3.8, 4) is 11.5 Å². The quantitative estimate of drug-likeness (QED) is 0.684. The lowest BCUT2D eigenvalue weighted by Gasteiger charge is -2.30. The van der Waals surface area contributed by atoms with Gasteiger partial charge in [0.15, 0.2) is 17.6 Å². The number of morpholine rings is 1. The molecule has 2 heterocycles. The number of ether oxygens (including phenoxy) is 4. The van der Waals surface area contributed by atoms with Gasteiger partial charge in [-0.05, 0) is 23.3 Å². The van der Waals surface area contributed by atoms with Gasteiger partial charge in [-0.25, -0.2) is 0 Å². The fourth-order valence-corrected chi connectivity index (χ4v) is 4.05. The molecule has 0 spiro atoms. The summed E-state index contributed by atoms with van der Waals surface area (Å²) in [6.45, 7) is 6.61. The van der Waals surface area contributed by atoms with E-state index in [1.165, 1.54) is 4.90 Å². The third-order valence-corrected chi connectivity index (χ3v) is 5.79. The van der Waals surface area contributed by atoms with Crippen LogP contribution < -0.4 is 14.4 Å². The molecule has 0 bridgehead atoms. The Labute approximate surface area is 183 Å². The van der Waals surface area contributed by atoms with Gasteiger partial charge in [-0.3, -0.25) is 4.79 Å². The summed E-state index contributed by atoms with van der Waals surface area (Å²) in [7, 11) is 1.59. The smallest absolute Gasteiger partial charge is 0.256 e. The normalized spacial score (nSPS) is 17.2. The number of benzene rings is 2. The molecule has 1 atom stereocenters. The molecule has 2 aromatic carbocycles. The minimum atomic E-state index is -0.627. The molecule has 7 heteroatoms. The number of carbonyl (C=O) groups excluding carboxylic acids is 1. The second-order valence-corrected chi connectivity index (χ2v) is 7.88. The van der Waals surface area contributed by atoms with E-state index in [1.807, 2.05) is 53.4 Å². The van der Waals surface area contributed by atoms with Crippen molar-refractivity contribution in [3.63, 3.8) is 0 Å². The zero-order valence-corrected chi connectivity index (χ0v) is 18.0. The Morgan fingerprint density at radius 2 is 1.77 bits per heavy atom. The van der Waals surface area contributed by atoms with Crippen molar-refractivity contribution in [2.75, 3.05) is 59.7 Å². The van der Waals surface area contributed by atoms with Gasteiger partial charge in [-0.15, -0.1) is 0 Å². The molecule has 0 aliphatic carbocycles. The average molecular weight is 428 g/mol. The van der Waals surface area contributed by atoms with Gasteiger partial charge >= 0.3 is 0 Å². The van der Waals surface area contributed by atoms with Crippen molar-refractivity contribution in [1.82, 2.24) is 4.90 Å². The minimum absolute atomic E-state index is 0.0313. The minimum Gasteiger partial charge on any atom is -0.486 e. The molecule has 2 aromatic rings. The summed E-state index contributed by atoms with van der Waals surface area (Å²) >= 11 is 0. The summed E-state index contributed by atoms with van der Waals surface area (Å²) in [6.07, 6.45) is -0.627. The van der Waals surface area contributed by atoms with Crippen molar-refractivity contribution in [3.05, 3.63) is 59.7 Å². The van der Waals surface area contributed by atoms with Crippen LogP contribution in [0.5, 0.6) is 11.5 Å². The fourth-order valence-electron chi connectivity index (χ4n) is 4.05. The summed E-state index contributed by atoms with van der Waals surface area (Å²) in [5.74, 6) is 1.46. The first-order chi connectivity index (χ1) is 15.2. The van der Waals surface area contributed by atoms with Gasteiger partial charge in [0.25, 0.3) is 5.91 Å². The topological polar surface area (TPSA) is 61.7 Å². The molecule has 2 aliphatic rings. The number of fused-ring (bicyclic) bond motifs is 1. The van der Waals surface area contributed by atoms with Crippen molar-refractivity contribution in [2.45, 2.75) is 12.6 Å².